The third-order valence-electron chi connectivity index (χ3n) is 5.51. The molecule has 0 radical (unpaired) electrons. The van der Waals surface area contributed by atoms with Crippen molar-refractivity contribution in [1.29, 1.82) is 0 Å². The molecule has 0 spiro atoms. The minimum Gasteiger partial charge on any atom is -0.285 e. The lowest BCUT2D eigenvalue weighted by Crippen LogP contribution is -2.13. The van der Waals surface area contributed by atoms with E-state index >= 15 is 0 Å². The topological polar surface area (TPSA) is 60.9 Å². The maximum atomic E-state index is 4.68. The highest BCUT2D eigenvalue weighted by atomic mass is 15.3. The average Bonchev–Trinajstić information content (AvgIpc) is 3.15. The molecule has 4 aromatic heterocycles. The molecule has 0 amide bonds. The van der Waals surface area contributed by atoms with Crippen molar-refractivity contribution >= 4 is 16.7 Å². The van der Waals surface area contributed by atoms with Crippen molar-refractivity contribution in [2.75, 3.05) is 0 Å². The second-order valence-electron chi connectivity index (χ2n) is 7.04. The van der Waals surface area contributed by atoms with E-state index in [2.05, 4.69) is 54.9 Å². The van der Waals surface area contributed by atoms with Crippen molar-refractivity contribution in [3.63, 3.8) is 0 Å². The number of hydrogen-bond acceptors (Lipinski definition) is 4. The van der Waals surface area contributed by atoms with Gasteiger partial charge in [-0.25, -0.2) is 14.6 Å². The summed E-state index contributed by atoms with van der Waals surface area (Å²) < 4.78 is 3.92. The Bertz CT molecular complexity index is 1280. The summed E-state index contributed by atoms with van der Waals surface area (Å²) in [5.41, 5.74) is 4.36. The van der Waals surface area contributed by atoms with E-state index in [4.69, 9.17) is 0 Å². The Morgan fingerprint density at radius 1 is 0.889 bits per heavy atom. The summed E-state index contributed by atoms with van der Waals surface area (Å²) in [6.45, 7) is 0. The lowest BCUT2D eigenvalue weighted by Gasteiger charge is -2.17. The molecular weight excluding hydrogens is 336 g/mol. The van der Waals surface area contributed by atoms with E-state index in [1.165, 1.54) is 10.9 Å². The number of hydrogen-bond donors (Lipinski definition) is 0. The normalized spacial score (nSPS) is 15.4. The Labute approximate surface area is 155 Å². The summed E-state index contributed by atoms with van der Waals surface area (Å²) in [5, 5.41) is 5.49. The maximum absolute atomic E-state index is 4.68. The van der Waals surface area contributed by atoms with Crippen molar-refractivity contribution in [2.45, 2.75) is 18.3 Å². The van der Waals surface area contributed by atoms with Gasteiger partial charge in [0.05, 0.1) is 29.3 Å². The summed E-state index contributed by atoms with van der Waals surface area (Å²) in [4.78, 5) is 13.8. The van der Waals surface area contributed by atoms with E-state index in [0.717, 1.165) is 29.7 Å². The Balaban J connectivity index is 1.58. The molecule has 0 bridgehead atoms. The fourth-order valence-electron chi connectivity index (χ4n) is 4.04. The molecule has 0 N–H and O–H groups in total. The Morgan fingerprint density at radius 3 is 2.63 bits per heavy atom. The molecule has 0 aliphatic heterocycles. The van der Waals surface area contributed by atoms with Gasteiger partial charge in [0.2, 0.25) is 5.78 Å². The Kier molecular flexibility index (Phi) is 2.83. The van der Waals surface area contributed by atoms with Crippen LogP contribution < -0.4 is 0 Å². The van der Waals surface area contributed by atoms with Crippen LogP contribution in [0.3, 0.4) is 0 Å². The third kappa shape index (κ3) is 2.07. The largest absolute Gasteiger partial charge is 0.285 e. The maximum Gasteiger partial charge on any atom is 0.234 e. The lowest BCUT2D eigenvalue weighted by atomic mass is 9.90. The number of fused-ring (bicyclic) bond motifs is 2. The molecule has 5 aromatic rings. The number of nitrogens with zero attached hydrogens (tertiary/aromatic N) is 6. The van der Waals surface area contributed by atoms with Gasteiger partial charge in [-0.1, -0.05) is 24.3 Å². The van der Waals surface area contributed by atoms with Gasteiger partial charge in [-0.2, -0.15) is 5.10 Å². The molecule has 6 rings (SSSR count). The van der Waals surface area contributed by atoms with E-state index in [0.29, 0.717) is 5.78 Å². The number of benzene rings is 1. The summed E-state index contributed by atoms with van der Waals surface area (Å²) in [6.07, 6.45) is 13.6. The number of aromatic nitrogens is 6. The molecule has 0 unspecified atom stereocenters. The fourth-order valence-corrected chi connectivity index (χ4v) is 4.04. The van der Waals surface area contributed by atoms with Crippen molar-refractivity contribution in [1.82, 2.24) is 29.1 Å². The average molecular weight is 352 g/mol. The van der Waals surface area contributed by atoms with Gasteiger partial charge in [0, 0.05) is 35.6 Å². The van der Waals surface area contributed by atoms with Crippen molar-refractivity contribution in [3.8, 4) is 5.69 Å². The highest BCUT2D eigenvalue weighted by Crippen LogP contribution is 2.54. The molecule has 1 aliphatic rings. The van der Waals surface area contributed by atoms with Gasteiger partial charge in [0.15, 0.2) is 0 Å². The van der Waals surface area contributed by atoms with Crippen molar-refractivity contribution in [2.24, 2.45) is 0 Å². The summed E-state index contributed by atoms with van der Waals surface area (Å²) >= 11 is 0. The first-order chi connectivity index (χ1) is 13.4. The van der Waals surface area contributed by atoms with E-state index < -0.39 is 0 Å². The van der Waals surface area contributed by atoms with Crippen molar-refractivity contribution < 1.29 is 0 Å². The van der Waals surface area contributed by atoms with Crippen LogP contribution in [0.25, 0.3) is 22.4 Å². The molecule has 1 saturated carbocycles. The van der Waals surface area contributed by atoms with Crippen LogP contribution in [-0.2, 0) is 5.41 Å². The molecule has 6 heteroatoms. The van der Waals surface area contributed by atoms with Gasteiger partial charge in [-0.3, -0.25) is 9.38 Å². The van der Waals surface area contributed by atoms with Crippen LogP contribution in [0.4, 0.5) is 0 Å². The highest BCUT2D eigenvalue weighted by Gasteiger charge is 2.49. The van der Waals surface area contributed by atoms with Crippen LogP contribution >= 0.6 is 0 Å². The second kappa shape index (κ2) is 5.23. The highest BCUT2D eigenvalue weighted by molar-refractivity contribution is 5.84. The molecule has 27 heavy (non-hydrogen) atoms. The van der Waals surface area contributed by atoms with E-state index in [-0.39, 0.29) is 5.41 Å². The van der Waals surface area contributed by atoms with Crippen LogP contribution in [-0.4, -0.2) is 29.1 Å². The first-order valence-electron chi connectivity index (χ1n) is 9.03. The smallest absolute Gasteiger partial charge is 0.234 e. The Morgan fingerprint density at radius 2 is 1.78 bits per heavy atom. The SMILES string of the molecule is c1cnc2c(C3(c4cnc5ncc(-n6cccn6)cn45)CC3)cccc2c1. The van der Waals surface area contributed by atoms with Crippen molar-refractivity contribution in [3.05, 3.63) is 84.8 Å². The summed E-state index contributed by atoms with van der Waals surface area (Å²) in [6, 6.07) is 12.5. The first-order valence-corrected chi connectivity index (χ1v) is 9.03. The Hall–Kier alpha value is -3.54. The first kappa shape index (κ1) is 14.6. The summed E-state index contributed by atoms with van der Waals surface area (Å²) in [5.74, 6) is 0.709. The molecule has 130 valence electrons. The van der Waals surface area contributed by atoms with Gasteiger partial charge < -0.3 is 0 Å². The van der Waals surface area contributed by atoms with Crippen LogP contribution in [0.15, 0.2) is 73.6 Å². The number of rotatable bonds is 3. The van der Waals surface area contributed by atoms with Gasteiger partial charge in [-0.05, 0) is 30.5 Å². The number of imidazole rings is 1. The molecule has 1 aromatic carbocycles. The molecule has 1 aliphatic carbocycles. The molecule has 6 nitrogen and oxygen atoms in total. The van der Waals surface area contributed by atoms with Crippen LogP contribution in [0.5, 0.6) is 0 Å². The molecular formula is C21H16N6. The zero-order chi connectivity index (χ0) is 17.8. The zero-order valence-electron chi connectivity index (χ0n) is 14.5. The molecule has 0 atom stereocenters. The van der Waals surface area contributed by atoms with Gasteiger partial charge in [0.1, 0.15) is 0 Å². The minimum absolute atomic E-state index is 0.0578. The monoisotopic (exact) mass is 352 g/mol. The number of para-hydroxylation sites is 1. The van der Waals surface area contributed by atoms with Crippen LogP contribution in [0, 0.1) is 0 Å². The van der Waals surface area contributed by atoms with Gasteiger partial charge >= 0.3 is 0 Å². The second-order valence-corrected chi connectivity index (χ2v) is 7.04. The molecule has 0 saturated heterocycles. The predicted octanol–water partition coefficient (Wildman–Crippen LogP) is 3.54. The predicted molar refractivity (Wildman–Crippen MR) is 102 cm³/mol. The van der Waals surface area contributed by atoms with E-state index in [1.54, 1.807) is 12.4 Å². The quantitative estimate of drug-likeness (QED) is 0.498. The molecule has 1 fully saturated rings. The zero-order valence-corrected chi connectivity index (χ0v) is 14.5. The van der Waals surface area contributed by atoms with E-state index in [1.807, 2.05) is 35.4 Å². The summed E-state index contributed by atoms with van der Waals surface area (Å²) in [7, 11) is 0. The van der Waals surface area contributed by atoms with Crippen LogP contribution in [0.1, 0.15) is 24.1 Å². The minimum atomic E-state index is -0.0578. The van der Waals surface area contributed by atoms with Gasteiger partial charge in [0.25, 0.3) is 0 Å². The van der Waals surface area contributed by atoms with E-state index in [9.17, 15) is 0 Å². The van der Waals surface area contributed by atoms with Crippen LogP contribution in [0.2, 0.25) is 0 Å². The number of pyridine rings is 1. The third-order valence-corrected chi connectivity index (χ3v) is 5.51. The molecule has 4 heterocycles. The lowest BCUT2D eigenvalue weighted by molar-refractivity contribution is 0.782. The fraction of sp³-hybridized carbons (Fsp3) is 0.143. The standard InChI is InChI=1S/C21H16N6/c1-4-15-5-2-9-22-19(15)17(6-1)21(7-8-21)18-13-24-20-23-12-16(14-26(18)20)27-11-3-10-25-27/h1-6,9-14H,7-8H2. The van der Waals surface area contributed by atoms with Gasteiger partial charge in [-0.15, -0.1) is 0 Å².